The van der Waals surface area contributed by atoms with Crippen molar-refractivity contribution in [3.05, 3.63) is 35.8 Å². The summed E-state index contributed by atoms with van der Waals surface area (Å²) in [5, 5.41) is 2.93. The van der Waals surface area contributed by atoms with Crippen molar-refractivity contribution in [3.63, 3.8) is 0 Å². The van der Waals surface area contributed by atoms with Crippen molar-refractivity contribution in [1.82, 2.24) is 20.3 Å². The molecule has 1 amide bonds. The van der Waals surface area contributed by atoms with Crippen molar-refractivity contribution < 1.29 is 4.79 Å². The zero-order valence-electron chi connectivity index (χ0n) is 14.4. The number of hydrogen-bond donors (Lipinski definition) is 1. The van der Waals surface area contributed by atoms with Crippen molar-refractivity contribution in [3.8, 4) is 11.4 Å². The van der Waals surface area contributed by atoms with Crippen LogP contribution in [0.2, 0.25) is 0 Å². The molecule has 126 valence electrons. The molecule has 0 aromatic carbocycles. The lowest BCUT2D eigenvalue weighted by Gasteiger charge is -2.22. The second kappa shape index (κ2) is 6.95. The number of nitrogens with one attached hydrogen (secondary N) is 1. The van der Waals surface area contributed by atoms with Gasteiger partial charge in [-0.05, 0) is 45.2 Å². The quantitative estimate of drug-likeness (QED) is 0.910. The van der Waals surface area contributed by atoms with E-state index in [4.69, 9.17) is 9.97 Å². The summed E-state index contributed by atoms with van der Waals surface area (Å²) in [6, 6.07) is 3.95. The van der Waals surface area contributed by atoms with Gasteiger partial charge in [-0.2, -0.15) is 0 Å². The number of pyridine rings is 1. The molecule has 1 N–H and O–H groups in total. The first-order valence-corrected chi connectivity index (χ1v) is 8.35. The summed E-state index contributed by atoms with van der Waals surface area (Å²) >= 11 is 0. The number of hydrogen-bond acceptors (Lipinski definition) is 5. The Kier molecular flexibility index (Phi) is 4.74. The van der Waals surface area contributed by atoms with Crippen LogP contribution in [0.25, 0.3) is 11.4 Å². The normalized spacial score (nSPS) is 13.0. The van der Waals surface area contributed by atoms with Gasteiger partial charge in [0, 0.05) is 42.3 Å². The molecular formula is C18H23N5O. The van der Waals surface area contributed by atoms with E-state index in [1.165, 1.54) is 5.56 Å². The molecule has 6 heteroatoms. The Morgan fingerprint density at radius 1 is 1.25 bits per heavy atom. The third kappa shape index (κ3) is 3.53. The third-order valence-corrected chi connectivity index (χ3v) is 4.04. The molecule has 0 unspecified atom stereocenters. The first-order valence-electron chi connectivity index (χ1n) is 8.35. The summed E-state index contributed by atoms with van der Waals surface area (Å²) in [6.07, 6.45) is 6.51. The largest absolute Gasteiger partial charge is 0.352 e. The van der Waals surface area contributed by atoms with Gasteiger partial charge in [-0.1, -0.05) is 0 Å². The zero-order chi connectivity index (χ0) is 17.1. The Labute approximate surface area is 142 Å². The van der Waals surface area contributed by atoms with Crippen LogP contribution >= 0.6 is 0 Å². The van der Waals surface area contributed by atoms with Gasteiger partial charge in [-0.3, -0.25) is 9.78 Å². The summed E-state index contributed by atoms with van der Waals surface area (Å²) < 4.78 is 0. The van der Waals surface area contributed by atoms with Crippen molar-refractivity contribution in [2.24, 2.45) is 0 Å². The Morgan fingerprint density at radius 2 is 2.00 bits per heavy atom. The van der Waals surface area contributed by atoms with Crippen LogP contribution in [0.3, 0.4) is 0 Å². The van der Waals surface area contributed by atoms with E-state index in [9.17, 15) is 4.79 Å². The van der Waals surface area contributed by atoms with Crippen LogP contribution in [0.1, 0.15) is 31.5 Å². The zero-order valence-corrected chi connectivity index (χ0v) is 14.4. The molecule has 0 radical (unpaired) electrons. The van der Waals surface area contributed by atoms with Gasteiger partial charge in [0.15, 0.2) is 5.82 Å². The van der Waals surface area contributed by atoms with Crippen LogP contribution < -0.4 is 10.2 Å². The average Bonchev–Trinajstić information content (AvgIpc) is 3.02. The lowest BCUT2D eigenvalue weighted by atomic mass is 10.2. The number of nitrogens with zero attached hydrogens (tertiary/aromatic N) is 4. The second-order valence-corrected chi connectivity index (χ2v) is 6.46. The molecule has 2 heterocycles. The summed E-state index contributed by atoms with van der Waals surface area (Å²) in [5.74, 6) is 1.57. The molecule has 3 rings (SSSR count). The molecule has 2 aromatic rings. The van der Waals surface area contributed by atoms with Crippen LogP contribution in [-0.4, -0.2) is 40.5 Å². The predicted octanol–water partition coefficient (Wildman–Crippen LogP) is 1.99. The highest BCUT2D eigenvalue weighted by Gasteiger charge is 2.23. The Balaban J connectivity index is 1.92. The number of amides is 1. The van der Waals surface area contributed by atoms with E-state index in [0.717, 1.165) is 36.3 Å². The SMILES string of the molecule is CC(C)NC(=O)CN(C)c1nc(-c2ccncc2)nc2c1CCC2. The van der Waals surface area contributed by atoms with E-state index in [0.29, 0.717) is 5.82 Å². The van der Waals surface area contributed by atoms with E-state index in [2.05, 4.69) is 10.3 Å². The fraction of sp³-hybridized carbons (Fsp3) is 0.444. The van der Waals surface area contributed by atoms with Crippen LogP contribution in [0.5, 0.6) is 0 Å². The minimum Gasteiger partial charge on any atom is -0.352 e. The number of anilines is 1. The minimum absolute atomic E-state index is 0.00307. The molecule has 6 nitrogen and oxygen atoms in total. The molecule has 0 spiro atoms. The summed E-state index contributed by atoms with van der Waals surface area (Å²) in [4.78, 5) is 27.5. The number of aromatic nitrogens is 3. The van der Waals surface area contributed by atoms with Gasteiger partial charge in [-0.25, -0.2) is 9.97 Å². The highest BCUT2D eigenvalue weighted by atomic mass is 16.2. The minimum atomic E-state index is 0.00307. The molecule has 0 aliphatic heterocycles. The molecule has 0 saturated carbocycles. The molecule has 1 aliphatic rings. The number of likely N-dealkylation sites (N-methyl/N-ethyl adjacent to an activating group) is 1. The summed E-state index contributed by atoms with van der Waals surface area (Å²) in [6.45, 7) is 4.21. The molecule has 0 fully saturated rings. The second-order valence-electron chi connectivity index (χ2n) is 6.46. The number of fused-ring (bicyclic) bond motifs is 1. The summed E-state index contributed by atoms with van der Waals surface area (Å²) in [7, 11) is 1.91. The summed E-state index contributed by atoms with van der Waals surface area (Å²) in [5.41, 5.74) is 3.22. The number of carbonyl (C=O) groups excluding carboxylic acids is 1. The maximum absolute atomic E-state index is 12.1. The van der Waals surface area contributed by atoms with Crippen LogP contribution in [0, 0.1) is 0 Å². The van der Waals surface area contributed by atoms with Crippen molar-refractivity contribution in [2.45, 2.75) is 39.2 Å². The monoisotopic (exact) mass is 325 g/mol. The molecule has 0 saturated heterocycles. The van der Waals surface area contributed by atoms with Gasteiger partial charge < -0.3 is 10.2 Å². The van der Waals surface area contributed by atoms with Crippen molar-refractivity contribution in [1.29, 1.82) is 0 Å². The first kappa shape index (κ1) is 16.4. The first-order chi connectivity index (χ1) is 11.5. The maximum atomic E-state index is 12.1. The highest BCUT2D eigenvalue weighted by molar-refractivity contribution is 5.81. The third-order valence-electron chi connectivity index (χ3n) is 4.04. The van der Waals surface area contributed by atoms with Gasteiger partial charge >= 0.3 is 0 Å². The number of rotatable bonds is 5. The van der Waals surface area contributed by atoms with Crippen molar-refractivity contribution in [2.75, 3.05) is 18.5 Å². The predicted molar refractivity (Wildman–Crippen MR) is 93.8 cm³/mol. The lowest BCUT2D eigenvalue weighted by Crippen LogP contribution is -2.39. The van der Waals surface area contributed by atoms with E-state index >= 15 is 0 Å². The molecule has 24 heavy (non-hydrogen) atoms. The van der Waals surface area contributed by atoms with Gasteiger partial charge in [0.2, 0.25) is 5.91 Å². The van der Waals surface area contributed by atoms with Crippen molar-refractivity contribution >= 4 is 11.7 Å². The fourth-order valence-corrected chi connectivity index (χ4v) is 3.02. The van der Waals surface area contributed by atoms with E-state index in [1.807, 2.05) is 37.9 Å². The average molecular weight is 325 g/mol. The molecule has 2 aromatic heterocycles. The van der Waals surface area contributed by atoms with E-state index in [-0.39, 0.29) is 18.5 Å². The van der Waals surface area contributed by atoms with Gasteiger partial charge in [0.1, 0.15) is 5.82 Å². The van der Waals surface area contributed by atoms with Crippen LogP contribution in [0.15, 0.2) is 24.5 Å². The topological polar surface area (TPSA) is 71.0 Å². The Hall–Kier alpha value is -2.50. The molecular weight excluding hydrogens is 302 g/mol. The van der Waals surface area contributed by atoms with Crippen LogP contribution in [0.4, 0.5) is 5.82 Å². The Morgan fingerprint density at radius 3 is 2.71 bits per heavy atom. The smallest absolute Gasteiger partial charge is 0.239 e. The highest BCUT2D eigenvalue weighted by Crippen LogP contribution is 2.30. The van der Waals surface area contributed by atoms with E-state index < -0.39 is 0 Å². The van der Waals surface area contributed by atoms with E-state index in [1.54, 1.807) is 12.4 Å². The number of carbonyl (C=O) groups is 1. The molecule has 0 atom stereocenters. The van der Waals surface area contributed by atoms with Gasteiger partial charge in [0.25, 0.3) is 0 Å². The number of aryl methyl sites for hydroxylation is 1. The standard InChI is InChI=1S/C18H23N5O/c1-12(2)20-16(24)11-23(3)18-14-5-4-6-15(14)21-17(22-18)13-7-9-19-10-8-13/h7-10,12H,4-6,11H2,1-3H3,(H,20,24). The van der Waals surface area contributed by atoms with Gasteiger partial charge in [-0.15, -0.1) is 0 Å². The fourth-order valence-electron chi connectivity index (χ4n) is 3.02. The Bertz CT molecular complexity index is 730. The van der Waals surface area contributed by atoms with Gasteiger partial charge in [0.05, 0.1) is 6.54 Å². The molecule has 1 aliphatic carbocycles. The molecule has 0 bridgehead atoms. The van der Waals surface area contributed by atoms with Crippen LogP contribution in [-0.2, 0) is 17.6 Å². The maximum Gasteiger partial charge on any atom is 0.239 e. The lowest BCUT2D eigenvalue weighted by molar-refractivity contribution is -0.120.